The van der Waals surface area contributed by atoms with Crippen LogP contribution in [0.15, 0.2) is 22.8 Å². The Morgan fingerprint density at radius 3 is 3.36 bits per heavy atom. The fourth-order valence-electron chi connectivity index (χ4n) is 1.40. The molecular formula is C8H5ClN4S. The summed E-state index contributed by atoms with van der Waals surface area (Å²) in [5.41, 5.74) is 0.881. The molecule has 0 fully saturated rings. The lowest BCUT2D eigenvalue weighted by atomic mass is 10.4. The lowest BCUT2D eigenvalue weighted by Crippen LogP contribution is -2.05. The second-order valence-corrected chi connectivity index (χ2v) is 4.22. The van der Waals surface area contributed by atoms with Gasteiger partial charge in [-0.1, -0.05) is 11.6 Å². The van der Waals surface area contributed by atoms with Crippen molar-refractivity contribution in [1.82, 2.24) is 14.8 Å². The number of thiophene rings is 1. The molecule has 0 bridgehead atoms. The molecule has 0 unspecified atom stereocenters. The minimum absolute atomic E-state index is 0.498. The lowest BCUT2D eigenvalue weighted by Gasteiger charge is -1.98. The normalized spacial score (nSPS) is 14.2. The van der Waals surface area contributed by atoms with Crippen LogP contribution in [0.5, 0.6) is 0 Å². The summed E-state index contributed by atoms with van der Waals surface area (Å²) in [6.45, 7) is 0.498. The molecule has 0 spiro atoms. The van der Waals surface area contributed by atoms with Crippen LogP contribution in [0.3, 0.4) is 0 Å². The first-order chi connectivity index (χ1) is 6.84. The molecule has 0 saturated heterocycles. The van der Waals surface area contributed by atoms with Gasteiger partial charge in [-0.05, 0) is 11.4 Å². The first-order valence-corrected chi connectivity index (χ1v) is 5.29. The maximum atomic E-state index is 5.96. The number of aliphatic imine (C=N–C) groups is 1. The van der Waals surface area contributed by atoms with E-state index in [0.29, 0.717) is 11.7 Å². The average molecular weight is 225 g/mol. The second-order valence-electron chi connectivity index (χ2n) is 2.86. The van der Waals surface area contributed by atoms with Gasteiger partial charge in [0.2, 0.25) is 0 Å². The Labute approximate surface area is 88.9 Å². The maximum Gasteiger partial charge on any atom is 0.170 e. The Morgan fingerprint density at radius 2 is 2.43 bits per heavy atom. The number of rotatable bonds is 0. The molecule has 70 valence electrons. The molecule has 2 aromatic rings. The number of hydrogen-bond donors (Lipinski definition) is 0. The van der Waals surface area contributed by atoms with Crippen LogP contribution in [-0.2, 0) is 6.54 Å². The molecule has 0 radical (unpaired) electrons. The predicted octanol–water partition coefficient (Wildman–Crippen LogP) is 2.29. The maximum absolute atomic E-state index is 5.96. The van der Waals surface area contributed by atoms with E-state index < -0.39 is 0 Å². The minimum Gasteiger partial charge on any atom is -0.238 e. The van der Waals surface area contributed by atoms with Crippen LogP contribution in [0.2, 0.25) is 0 Å². The average Bonchev–Trinajstić information content (AvgIpc) is 2.72. The first kappa shape index (κ1) is 8.14. The zero-order valence-electron chi connectivity index (χ0n) is 7.01. The van der Waals surface area contributed by atoms with Crippen LogP contribution in [0.25, 0.3) is 10.7 Å². The highest BCUT2D eigenvalue weighted by Crippen LogP contribution is 2.36. The van der Waals surface area contributed by atoms with Crippen LogP contribution in [-0.4, -0.2) is 19.9 Å². The molecule has 14 heavy (non-hydrogen) atoms. The quantitative estimate of drug-likeness (QED) is 0.689. The van der Waals surface area contributed by atoms with E-state index in [-0.39, 0.29) is 0 Å². The van der Waals surface area contributed by atoms with Crippen molar-refractivity contribution in [1.29, 1.82) is 0 Å². The van der Waals surface area contributed by atoms with E-state index >= 15 is 0 Å². The smallest absolute Gasteiger partial charge is 0.170 e. The van der Waals surface area contributed by atoms with Crippen LogP contribution in [0.4, 0.5) is 5.69 Å². The fourth-order valence-corrected chi connectivity index (χ4v) is 2.44. The Bertz CT molecular complexity index is 513. The van der Waals surface area contributed by atoms with Crippen molar-refractivity contribution in [2.75, 3.05) is 0 Å². The second kappa shape index (κ2) is 2.90. The molecule has 0 aromatic carbocycles. The first-order valence-electron chi connectivity index (χ1n) is 4.03. The summed E-state index contributed by atoms with van der Waals surface area (Å²) >= 11 is 7.56. The van der Waals surface area contributed by atoms with Crippen LogP contribution >= 0.6 is 22.9 Å². The van der Waals surface area contributed by atoms with Gasteiger partial charge < -0.3 is 0 Å². The number of hydrogen-bond acceptors (Lipinski definition) is 4. The third-order valence-electron chi connectivity index (χ3n) is 1.99. The number of aromatic nitrogens is 3. The van der Waals surface area contributed by atoms with Gasteiger partial charge in [-0.3, -0.25) is 0 Å². The monoisotopic (exact) mass is 224 g/mol. The van der Waals surface area contributed by atoms with Gasteiger partial charge in [0.1, 0.15) is 11.5 Å². The van der Waals surface area contributed by atoms with Gasteiger partial charge in [-0.2, -0.15) is 5.10 Å². The van der Waals surface area contributed by atoms with Gasteiger partial charge in [0, 0.05) is 0 Å². The Balaban J connectivity index is 2.33. The van der Waals surface area contributed by atoms with Crippen LogP contribution < -0.4 is 0 Å². The summed E-state index contributed by atoms with van der Waals surface area (Å²) < 4.78 is 1.76. The third-order valence-corrected chi connectivity index (χ3v) is 3.09. The summed E-state index contributed by atoms with van der Waals surface area (Å²) in [7, 11) is 0. The van der Waals surface area contributed by atoms with Crippen molar-refractivity contribution in [3.8, 4) is 10.7 Å². The Hall–Kier alpha value is -1.20. The van der Waals surface area contributed by atoms with E-state index in [1.807, 2.05) is 11.4 Å². The van der Waals surface area contributed by atoms with Gasteiger partial charge in [0.05, 0.1) is 17.1 Å². The molecule has 3 rings (SSSR count). The topological polar surface area (TPSA) is 43.1 Å². The number of nitrogens with zero attached hydrogens (tertiary/aromatic N) is 4. The van der Waals surface area contributed by atoms with Crippen molar-refractivity contribution in [3.63, 3.8) is 0 Å². The number of fused-ring (bicyclic) bond motifs is 3. The third kappa shape index (κ3) is 1.09. The van der Waals surface area contributed by atoms with E-state index in [2.05, 4.69) is 15.1 Å². The van der Waals surface area contributed by atoms with Crippen molar-refractivity contribution in [2.24, 2.45) is 4.99 Å². The minimum atomic E-state index is 0.498. The highest BCUT2D eigenvalue weighted by atomic mass is 35.5. The van der Waals surface area contributed by atoms with Crippen LogP contribution in [0.1, 0.15) is 0 Å². The van der Waals surface area contributed by atoms with E-state index in [9.17, 15) is 0 Å². The summed E-state index contributed by atoms with van der Waals surface area (Å²) in [4.78, 5) is 9.50. The fraction of sp³-hybridized carbons (Fsp3) is 0.125. The highest BCUT2D eigenvalue weighted by Gasteiger charge is 2.17. The Kier molecular flexibility index (Phi) is 1.68. The van der Waals surface area contributed by atoms with E-state index in [1.165, 1.54) is 6.33 Å². The van der Waals surface area contributed by atoms with Crippen molar-refractivity contribution in [3.05, 3.63) is 17.8 Å². The van der Waals surface area contributed by atoms with Crippen molar-refractivity contribution < 1.29 is 0 Å². The summed E-state index contributed by atoms with van der Waals surface area (Å²) in [5, 5.41) is 6.60. The molecule has 0 N–H and O–H groups in total. The zero-order chi connectivity index (χ0) is 9.54. The summed E-state index contributed by atoms with van der Waals surface area (Å²) in [6, 6.07) is 1.94. The standard InChI is InChI=1S/C8H5ClN4S/c9-6-3-13-8(10-4-11-13)7-5(12-6)1-2-14-7/h1-2,4H,3H2. The Morgan fingerprint density at radius 1 is 1.50 bits per heavy atom. The molecule has 4 nitrogen and oxygen atoms in total. The molecule has 1 aliphatic heterocycles. The largest absolute Gasteiger partial charge is 0.238 e. The number of halogens is 1. The zero-order valence-corrected chi connectivity index (χ0v) is 8.59. The van der Waals surface area contributed by atoms with Gasteiger partial charge in [-0.25, -0.2) is 14.7 Å². The molecule has 1 aliphatic rings. The molecule has 0 amide bonds. The molecular weight excluding hydrogens is 220 g/mol. The van der Waals surface area contributed by atoms with E-state index in [4.69, 9.17) is 11.6 Å². The predicted molar refractivity (Wildman–Crippen MR) is 56.3 cm³/mol. The van der Waals surface area contributed by atoms with E-state index in [0.717, 1.165) is 16.4 Å². The molecule has 3 heterocycles. The SMILES string of the molecule is ClC1=Nc2ccsc2-c2ncnn2C1. The van der Waals surface area contributed by atoms with Crippen molar-refractivity contribution >= 4 is 33.8 Å². The molecule has 0 aliphatic carbocycles. The molecule has 0 saturated carbocycles. The van der Waals surface area contributed by atoms with E-state index in [1.54, 1.807) is 16.0 Å². The lowest BCUT2D eigenvalue weighted by molar-refractivity contribution is 0.739. The van der Waals surface area contributed by atoms with Crippen molar-refractivity contribution in [2.45, 2.75) is 6.54 Å². The van der Waals surface area contributed by atoms with Gasteiger partial charge in [0.15, 0.2) is 5.82 Å². The van der Waals surface area contributed by atoms with Gasteiger partial charge in [0.25, 0.3) is 0 Å². The molecule has 2 aromatic heterocycles. The van der Waals surface area contributed by atoms with Crippen LogP contribution in [0, 0.1) is 0 Å². The summed E-state index contributed by atoms with van der Waals surface area (Å²) in [6.07, 6.45) is 1.54. The molecule has 6 heteroatoms. The van der Waals surface area contributed by atoms with Gasteiger partial charge in [-0.15, -0.1) is 11.3 Å². The summed E-state index contributed by atoms with van der Waals surface area (Å²) in [5.74, 6) is 0.842. The van der Waals surface area contributed by atoms with Gasteiger partial charge >= 0.3 is 0 Å². The highest BCUT2D eigenvalue weighted by molar-refractivity contribution is 7.14. The molecule has 0 atom stereocenters.